The van der Waals surface area contributed by atoms with Crippen LogP contribution in [0, 0.1) is 5.41 Å². The first-order valence-corrected chi connectivity index (χ1v) is 7.90. The Hall–Kier alpha value is -1.36. The van der Waals surface area contributed by atoms with Crippen molar-refractivity contribution in [3.05, 3.63) is 11.9 Å². The molecule has 0 spiro atoms. The number of nitrogens with zero attached hydrogens (tertiary/aromatic N) is 3. The van der Waals surface area contributed by atoms with Gasteiger partial charge in [0, 0.05) is 32.8 Å². The largest absolute Gasteiger partial charge is 0.377 e. The number of aromatic nitrogens is 2. The zero-order valence-corrected chi connectivity index (χ0v) is 13.8. The molecule has 1 fully saturated rings. The Morgan fingerprint density at radius 1 is 1.38 bits per heavy atom. The summed E-state index contributed by atoms with van der Waals surface area (Å²) in [4.78, 5) is 11.6. The topological polar surface area (TPSA) is 50.3 Å². The maximum absolute atomic E-state index is 5.20. The van der Waals surface area contributed by atoms with Gasteiger partial charge in [0.05, 0.1) is 0 Å². The number of nitrogens with one attached hydrogen (secondary N) is 1. The maximum atomic E-state index is 5.20. The van der Waals surface area contributed by atoms with Gasteiger partial charge in [-0.15, -0.1) is 0 Å². The van der Waals surface area contributed by atoms with Crippen molar-refractivity contribution in [2.75, 3.05) is 37.0 Å². The molecule has 21 heavy (non-hydrogen) atoms. The van der Waals surface area contributed by atoms with Crippen LogP contribution in [0.2, 0.25) is 0 Å². The van der Waals surface area contributed by atoms with Crippen LogP contribution >= 0.6 is 0 Å². The molecule has 0 radical (unpaired) electrons. The summed E-state index contributed by atoms with van der Waals surface area (Å²) >= 11 is 0. The summed E-state index contributed by atoms with van der Waals surface area (Å²) in [5.41, 5.74) is 0.349. The Bertz CT molecular complexity index is 462. The summed E-state index contributed by atoms with van der Waals surface area (Å²) in [6, 6.07) is 2.07. The fraction of sp³-hybridized carbons (Fsp3) is 0.750. The Morgan fingerprint density at radius 3 is 2.86 bits per heavy atom. The molecule has 0 unspecified atom stereocenters. The average Bonchev–Trinajstić information content (AvgIpc) is 2.44. The van der Waals surface area contributed by atoms with Crippen molar-refractivity contribution in [1.29, 1.82) is 0 Å². The van der Waals surface area contributed by atoms with Crippen LogP contribution in [0.3, 0.4) is 0 Å². The van der Waals surface area contributed by atoms with E-state index >= 15 is 0 Å². The molecule has 0 atom stereocenters. The third kappa shape index (κ3) is 4.56. The van der Waals surface area contributed by atoms with Crippen molar-refractivity contribution >= 4 is 11.6 Å². The molecular weight excluding hydrogens is 264 g/mol. The van der Waals surface area contributed by atoms with Gasteiger partial charge in [0.1, 0.15) is 18.2 Å². The molecule has 0 saturated carbocycles. The average molecular weight is 292 g/mol. The molecule has 1 aliphatic heterocycles. The van der Waals surface area contributed by atoms with Crippen LogP contribution in [0.1, 0.15) is 45.9 Å². The quantitative estimate of drug-likeness (QED) is 0.873. The Balaban J connectivity index is 2.21. The molecule has 5 heteroatoms. The lowest BCUT2D eigenvalue weighted by molar-refractivity contribution is 0.178. The number of anilines is 2. The van der Waals surface area contributed by atoms with Crippen molar-refractivity contribution in [3.8, 4) is 0 Å². The predicted octanol–water partition coefficient (Wildman–Crippen LogP) is 3.07. The van der Waals surface area contributed by atoms with Crippen molar-refractivity contribution in [3.63, 3.8) is 0 Å². The van der Waals surface area contributed by atoms with Gasteiger partial charge in [0.2, 0.25) is 0 Å². The first-order chi connectivity index (χ1) is 10.0. The summed E-state index contributed by atoms with van der Waals surface area (Å²) in [5.74, 6) is 2.66. The number of ether oxygens (including phenoxy) is 1. The smallest absolute Gasteiger partial charge is 0.158 e. The second-order valence-corrected chi connectivity index (χ2v) is 6.58. The molecule has 0 bridgehead atoms. The van der Waals surface area contributed by atoms with Crippen LogP contribution in [-0.2, 0) is 11.3 Å². The standard InChI is InChI=1S/C16H28N4O/c1-5-8-17-13-10-15(19-14(18-13)11-21-4)20-9-6-7-16(2,3)12-20/h10H,5-9,11-12H2,1-4H3,(H,17,18,19). The van der Waals surface area contributed by atoms with E-state index in [0.29, 0.717) is 12.0 Å². The summed E-state index contributed by atoms with van der Waals surface area (Å²) in [7, 11) is 1.68. The van der Waals surface area contributed by atoms with E-state index in [-0.39, 0.29) is 0 Å². The van der Waals surface area contributed by atoms with Crippen LogP contribution in [0.5, 0.6) is 0 Å². The summed E-state index contributed by atoms with van der Waals surface area (Å²) in [6.07, 6.45) is 3.57. The van der Waals surface area contributed by atoms with E-state index in [9.17, 15) is 0 Å². The van der Waals surface area contributed by atoms with Crippen LogP contribution in [0.15, 0.2) is 6.07 Å². The molecule has 0 aliphatic carbocycles. The molecule has 1 aromatic heterocycles. The van der Waals surface area contributed by atoms with Crippen molar-refractivity contribution < 1.29 is 4.74 Å². The van der Waals surface area contributed by atoms with E-state index in [1.54, 1.807) is 7.11 Å². The first kappa shape index (κ1) is 16.0. The molecule has 2 heterocycles. The zero-order valence-electron chi connectivity index (χ0n) is 13.8. The SMILES string of the molecule is CCCNc1cc(N2CCCC(C)(C)C2)nc(COC)n1. The van der Waals surface area contributed by atoms with Gasteiger partial charge in [-0.25, -0.2) is 9.97 Å². The van der Waals surface area contributed by atoms with Gasteiger partial charge in [0.25, 0.3) is 0 Å². The highest BCUT2D eigenvalue weighted by Crippen LogP contribution is 2.31. The second kappa shape index (κ2) is 7.07. The highest BCUT2D eigenvalue weighted by Gasteiger charge is 2.27. The van der Waals surface area contributed by atoms with Gasteiger partial charge < -0.3 is 15.0 Å². The molecule has 1 saturated heterocycles. The molecule has 1 aliphatic rings. The molecule has 118 valence electrons. The summed E-state index contributed by atoms with van der Waals surface area (Å²) in [6.45, 7) is 10.3. The fourth-order valence-corrected chi connectivity index (χ4v) is 2.80. The number of hydrogen-bond acceptors (Lipinski definition) is 5. The monoisotopic (exact) mass is 292 g/mol. The van der Waals surface area contributed by atoms with E-state index in [1.165, 1.54) is 12.8 Å². The van der Waals surface area contributed by atoms with Crippen molar-refractivity contribution in [1.82, 2.24) is 9.97 Å². The number of methoxy groups -OCH3 is 1. The zero-order chi connectivity index (χ0) is 15.3. The number of piperidine rings is 1. The van der Waals surface area contributed by atoms with E-state index in [4.69, 9.17) is 4.74 Å². The minimum absolute atomic E-state index is 0.349. The van der Waals surface area contributed by atoms with Crippen LogP contribution < -0.4 is 10.2 Å². The van der Waals surface area contributed by atoms with E-state index in [1.807, 2.05) is 0 Å². The van der Waals surface area contributed by atoms with Gasteiger partial charge in [-0.1, -0.05) is 20.8 Å². The highest BCUT2D eigenvalue weighted by molar-refractivity contribution is 5.50. The van der Waals surface area contributed by atoms with Gasteiger partial charge in [0.15, 0.2) is 5.82 Å². The molecule has 1 N–H and O–H groups in total. The molecule has 0 amide bonds. The summed E-state index contributed by atoms with van der Waals surface area (Å²) in [5, 5.41) is 3.36. The number of hydrogen-bond donors (Lipinski definition) is 1. The van der Waals surface area contributed by atoms with Gasteiger partial charge in [-0.05, 0) is 24.7 Å². The van der Waals surface area contributed by atoms with E-state index in [2.05, 4.69) is 47.0 Å². The van der Waals surface area contributed by atoms with Crippen LogP contribution in [0.25, 0.3) is 0 Å². The van der Waals surface area contributed by atoms with Gasteiger partial charge in [-0.2, -0.15) is 0 Å². The first-order valence-electron chi connectivity index (χ1n) is 7.90. The van der Waals surface area contributed by atoms with E-state index < -0.39 is 0 Å². The number of rotatable bonds is 6. The van der Waals surface area contributed by atoms with E-state index in [0.717, 1.165) is 43.5 Å². The van der Waals surface area contributed by atoms with Crippen LogP contribution in [-0.4, -0.2) is 36.7 Å². The minimum atomic E-state index is 0.349. The second-order valence-electron chi connectivity index (χ2n) is 6.58. The Labute approximate surface area is 128 Å². The minimum Gasteiger partial charge on any atom is -0.377 e. The van der Waals surface area contributed by atoms with Gasteiger partial charge >= 0.3 is 0 Å². The highest BCUT2D eigenvalue weighted by atomic mass is 16.5. The summed E-state index contributed by atoms with van der Waals surface area (Å²) < 4.78 is 5.20. The third-order valence-electron chi connectivity index (χ3n) is 3.81. The third-order valence-corrected chi connectivity index (χ3v) is 3.81. The predicted molar refractivity (Wildman–Crippen MR) is 86.8 cm³/mol. The Kier molecular flexibility index (Phi) is 5.39. The molecule has 2 rings (SSSR count). The lowest BCUT2D eigenvalue weighted by Crippen LogP contribution is -2.40. The van der Waals surface area contributed by atoms with Crippen LogP contribution in [0.4, 0.5) is 11.6 Å². The lowest BCUT2D eigenvalue weighted by atomic mass is 9.84. The molecule has 1 aromatic rings. The molecule has 5 nitrogen and oxygen atoms in total. The fourth-order valence-electron chi connectivity index (χ4n) is 2.80. The Morgan fingerprint density at radius 2 is 2.19 bits per heavy atom. The molecule has 0 aromatic carbocycles. The van der Waals surface area contributed by atoms with Crippen molar-refractivity contribution in [2.45, 2.75) is 46.6 Å². The molecular formula is C16H28N4O. The van der Waals surface area contributed by atoms with Crippen molar-refractivity contribution in [2.24, 2.45) is 5.41 Å². The van der Waals surface area contributed by atoms with Gasteiger partial charge in [-0.3, -0.25) is 0 Å². The normalized spacial score (nSPS) is 17.8. The maximum Gasteiger partial charge on any atom is 0.158 e. The lowest BCUT2D eigenvalue weighted by Gasteiger charge is -2.38.